The second kappa shape index (κ2) is 29.9. The molecule has 0 radical (unpaired) electrons. The van der Waals surface area contributed by atoms with Crippen LogP contribution in [-0.4, -0.2) is 100 Å². The molecule has 0 bridgehead atoms. The topological polar surface area (TPSA) is 335 Å². The summed E-state index contributed by atoms with van der Waals surface area (Å²) < 4.78 is 6.16. The van der Waals surface area contributed by atoms with Crippen LogP contribution in [0.3, 0.4) is 0 Å². The molecule has 0 unspecified atom stereocenters. The summed E-state index contributed by atoms with van der Waals surface area (Å²) in [4.78, 5) is 94.8. The van der Waals surface area contributed by atoms with Crippen LogP contribution in [0.15, 0.2) is 193 Å². The van der Waals surface area contributed by atoms with Crippen molar-refractivity contribution in [2.75, 3.05) is 57.7 Å². The number of nitrogens with zero attached hydrogens (tertiary/aromatic N) is 9. The van der Waals surface area contributed by atoms with E-state index in [1.807, 2.05) is 60.7 Å². The Morgan fingerprint density at radius 1 is 0.598 bits per heavy atom. The number of nitrogens with two attached hydrogens (primary N) is 1. The fraction of sp³-hybridized carbons (Fsp3) is 0.0909. The fourth-order valence-electron chi connectivity index (χ4n) is 7.10. The summed E-state index contributed by atoms with van der Waals surface area (Å²) in [5, 5.41) is 46.4. The smallest absolute Gasteiger partial charge is 0.423 e. The third-order valence-corrected chi connectivity index (χ3v) is 11.5. The second-order valence-electron chi connectivity index (χ2n) is 16.8. The molecule has 2 aliphatic heterocycles. The van der Waals surface area contributed by atoms with Gasteiger partial charge in [-0.3, -0.25) is 19.4 Å². The van der Waals surface area contributed by atoms with Crippen LogP contribution in [-0.2, 0) is 4.79 Å². The Hall–Kier alpha value is -10.7. The van der Waals surface area contributed by atoms with Crippen LogP contribution in [0.2, 0.25) is 0 Å². The number of urea groups is 2. The number of rotatable bonds is 10. The van der Waals surface area contributed by atoms with E-state index in [1.165, 1.54) is 47.3 Å². The van der Waals surface area contributed by atoms with E-state index in [-0.39, 0.29) is 41.6 Å². The number of nitro groups is 2. The Balaban J connectivity index is 0.000000182. The number of hydrogen-bond acceptors (Lipinski definition) is 18. The van der Waals surface area contributed by atoms with Gasteiger partial charge in [-0.1, -0.05) is 54.6 Å². The minimum atomic E-state index is -0.730. The van der Waals surface area contributed by atoms with Crippen LogP contribution in [0.4, 0.5) is 76.4 Å². The molecule has 5 aromatic carbocycles. The van der Waals surface area contributed by atoms with Crippen LogP contribution in [0.25, 0.3) is 0 Å². The van der Waals surface area contributed by atoms with Crippen LogP contribution >= 0.6 is 27.5 Å². The molecule has 420 valence electrons. The molecule has 2 fully saturated rings. The van der Waals surface area contributed by atoms with Crippen molar-refractivity contribution in [3.8, 4) is 17.2 Å². The van der Waals surface area contributed by atoms with Crippen LogP contribution in [0.5, 0.6) is 17.2 Å². The SMILES string of the molecule is CC(=O)Nc1ccc(Nc2cccc(OC(=O)N3CCN(c4ccccc4)C3=O)c2)cn1.Nc1cccc(O)c1.O=C(Cl)N1CCN(c2ccccc2)C1=O.O=[N+]([O-])c1ccc(Br)cn1.O=[N+]([O-])c1ccc(Nc2cccc(O)c2)cn1. The van der Waals surface area contributed by atoms with Crippen LogP contribution in [0, 0.1) is 20.2 Å². The lowest BCUT2D eigenvalue weighted by Crippen LogP contribution is -2.38. The first-order valence-electron chi connectivity index (χ1n) is 24.1. The number of carbonyl (C=O) groups is 5. The average Bonchev–Trinajstić information content (AvgIpc) is 4.22. The number of nitrogen functional groups attached to an aromatic ring is 1. The molecule has 7 N–H and O–H groups in total. The van der Waals surface area contributed by atoms with Gasteiger partial charge in [0.05, 0.1) is 28.6 Å². The molecule has 25 nitrogen and oxygen atoms in total. The number of carbonyl (C=O) groups excluding carboxylic acids is 5. The number of aromatic nitrogens is 3. The maximum atomic E-state index is 12.6. The molecule has 0 spiro atoms. The first-order chi connectivity index (χ1) is 39.3. The van der Waals surface area contributed by atoms with Gasteiger partial charge in [-0.05, 0) is 132 Å². The van der Waals surface area contributed by atoms with Gasteiger partial charge in [0.2, 0.25) is 5.91 Å². The van der Waals surface area contributed by atoms with E-state index in [9.17, 15) is 49.3 Å². The summed E-state index contributed by atoms with van der Waals surface area (Å²) in [5.41, 5.74) is 10.1. The minimum Gasteiger partial charge on any atom is -0.508 e. The summed E-state index contributed by atoms with van der Waals surface area (Å²) in [5.74, 6) is 0.569. The van der Waals surface area contributed by atoms with Gasteiger partial charge in [-0.2, -0.15) is 0 Å². The summed E-state index contributed by atoms with van der Waals surface area (Å²) >= 11 is 8.38. The Bertz CT molecular complexity index is 3470. The molecule has 7 amide bonds. The second-order valence-corrected chi connectivity index (χ2v) is 18.0. The highest BCUT2D eigenvalue weighted by molar-refractivity contribution is 9.10. The highest BCUT2D eigenvalue weighted by Gasteiger charge is 2.36. The van der Waals surface area contributed by atoms with E-state index in [4.69, 9.17) is 27.2 Å². The molecule has 5 heterocycles. The number of amides is 7. The van der Waals surface area contributed by atoms with Gasteiger partial charge in [0.25, 0.3) is 0 Å². The fourth-order valence-corrected chi connectivity index (χ4v) is 7.49. The number of pyridine rings is 3. The zero-order valence-electron chi connectivity index (χ0n) is 43.1. The molecule has 0 aliphatic carbocycles. The number of aromatic hydroxyl groups is 2. The average molecular weight is 1200 g/mol. The summed E-state index contributed by atoms with van der Waals surface area (Å²) in [6.45, 7) is 2.89. The number of hydrogen-bond donors (Lipinski definition) is 6. The lowest BCUT2D eigenvalue weighted by molar-refractivity contribution is -0.389. The van der Waals surface area contributed by atoms with Crippen molar-refractivity contribution in [2.45, 2.75) is 6.92 Å². The maximum Gasteiger partial charge on any atom is 0.423 e. The molecule has 27 heteroatoms. The van der Waals surface area contributed by atoms with Crippen LogP contribution < -0.4 is 36.2 Å². The van der Waals surface area contributed by atoms with E-state index < -0.39 is 27.3 Å². The molecule has 82 heavy (non-hydrogen) atoms. The monoisotopic (exact) mass is 1200 g/mol. The number of halogens is 2. The molecule has 3 aromatic heterocycles. The van der Waals surface area contributed by atoms with Gasteiger partial charge in [0.1, 0.15) is 23.1 Å². The predicted octanol–water partition coefficient (Wildman–Crippen LogP) is 11.7. The lowest BCUT2D eigenvalue weighted by atomic mass is 10.3. The van der Waals surface area contributed by atoms with Gasteiger partial charge < -0.3 is 56.9 Å². The third-order valence-electron chi connectivity index (χ3n) is 10.8. The number of imide groups is 2. The number of phenolic OH excluding ortho intramolecular Hbond substituents is 2. The zero-order valence-corrected chi connectivity index (χ0v) is 45.4. The molecule has 10 rings (SSSR count). The van der Waals surface area contributed by atoms with Gasteiger partial charge in [0, 0.05) is 85.3 Å². The largest absolute Gasteiger partial charge is 0.508 e. The molecule has 0 saturated carbocycles. The predicted molar refractivity (Wildman–Crippen MR) is 311 cm³/mol. The third kappa shape index (κ3) is 18.7. The first-order valence-corrected chi connectivity index (χ1v) is 25.3. The van der Waals surface area contributed by atoms with Gasteiger partial charge in [-0.15, -0.1) is 0 Å². The lowest BCUT2D eigenvalue weighted by Gasteiger charge is -2.17. The zero-order chi connectivity index (χ0) is 59.1. The van der Waals surface area contributed by atoms with Gasteiger partial charge in [0.15, 0.2) is 12.4 Å². The molecular weight excluding hydrogens is 1150 g/mol. The van der Waals surface area contributed by atoms with E-state index in [0.717, 1.165) is 25.6 Å². The van der Waals surface area contributed by atoms with Gasteiger partial charge >= 0.3 is 35.2 Å². The Morgan fingerprint density at radius 2 is 1.10 bits per heavy atom. The number of anilines is 8. The number of para-hydroxylation sites is 2. The highest BCUT2D eigenvalue weighted by Crippen LogP contribution is 2.26. The molecular formula is C55H49BrClN13O12. The number of nitrogens with one attached hydrogen (secondary N) is 3. The van der Waals surface area contributed by atoms with Crippen molar-refractivity contribution in [2.24, 2.45) is 0 Å². The molecule has 2 saturated heterocycles. The quantitative estimate of drug-likeness (QED) is 0.0243. The Morgan fingerprint density at radius 3 is 1.55 bits per heavy atom. The number of ether oxygens (including phenoxy) is 1. The van der Waals surface area contributed by atoms with Crippen molar-refractivity contribution >= 4 is 114 Å². The molecule has 2 aliphatic rings. The standard InChI is InChI=1S/C23H21N5O4.C11H9N3O3.C10H9ClN2O2.C6H7NO.C5H3BrN2O2/c1-16(29)25-21-11-10-18(15-24-21)26-17-6-5-9-20(14-17)32-23(31)28-13-12-27(22(28)30)19-7-3-2-4-8-19;15-10-3-1-2-8(6-10)13-9-4-5-11(12-7-9)14(16)17;11-9(14)13-7-6-12(10(13)15)8-4-2-1-3-5-8;7-5-2-1-3-6(8)4-5;6-4-1-2-5(7-3-4)8(9)10/h2-11,14-15,26H,12-13H2,1H3,(H,24,25,29);1-7,13,15H;1-5H,6-7H2;1-4,8H,7H2;1-3H. The highest BCUT2D eigenvalue weighted by atomic mass is 79.9. The van der Waals surface area contributed by atoms with Crippen LogP contribution in [0.1, 0.15) is 6.92 Å². The van der Waals surface area contributed by atoms with Gasteiger partial charge in [-0.25, -0.2) is 29.2 Å². The van der Waals surface area contributed by atoms with Crippen molar-refractivity contribution < 1.29 is 48.8 Å². The van der Waals surface area contributed by atoms with Crippen molar-refractivity contribution in [3.05, 3.63) is 213 Å². The number of phenols is 2. The van der Waals surface area contributed by atoms with E-state index >= 15 is 0 Å². The summed E-state index contributed by atoms with van der Waals surface area (Å²) in [7, 11) is 0. The van der Waals surface area contributed by atoms with Crippen molar-refractivity contribution in [1.82, 2.24) is 24.8 Å². The summed E-state index contributed by atoms with van der Waals surface area (Å²) in [6, 6.07) is 46.7. The summed E-state index contributed by atoms with van der Waals surface area (Å²) in [6.07, 6.45) is 3.60. The molecule has 8 aromatic rings. The van der Waals surface area contributed by atoms with Crippen molar-refractivity contribution in [1.29, 1.82) is 0 Å². The minimum absolute atomic E-state index is 0.136. The molecule has 0 atom stereocenters. The van der Waals surface area contributed by atoms with E-state index in [1.54, 1.807) is 97.2 Å². The Kier molecular flexibility index (Phi) is 22.0. The maximum absolute atomic E-state index is 12.6. The number of benzene rings is 5. The van der Waals surface area contributed by atoms with Crippen molar-refractivity contribution in [3.63, 3.8) is 0 Å². The normalized spacial score (nSPS) is 12.1. The van der Waals surface area contributed by atoms with E-state index in [0.29, 0.717) is 59.6 Å². The first kappa shape index (κ1) is 60.5. The Labute approximate surface area is 480 Å². The van der Waals surface area contributed by atoms with E-state index in [2.05, 4.69) is 46.8 Å².